The minimum atomic E-state index is -0.0188. The van der Waals surface area contributed by atoms with E-state index >= 15 is 0 Å². The molecule has 1 amide bonds. The molecule has 0 aliphatic rings. The number of hydrogen-bond acceptors (Lipinski definition) is 4. The van der Waals surface area contributed by atoms with Crippen molar-refractivity contribution >= 4 is 49.1 Å². The molecular formula is C15H15Br2NO3S. The maximum absolute atomic E-state index is 12.3. The third kappa shape index (κ3) is 4.47. The van der Waals surface area contributed by atoms with Crippen molar-refractivity contribution in [2.45, 2.75) is 0 Å². The normalized spacial score (nSPS) is 10.4. The number of methoxy groups -OCH3 is 1. The summed E-state index contributed by atoms with van der Waals surface area (Å²) in [5.74, 6) is 1.52. The quantitative estimate of drug-likeness (QED) is 0.655. The lowest BCUT2D eigenvalue weighted by Crippen LogP contribution is -2.30. The van der Waals surface area contributed by atoms with E-state index < -0.39 is 0 Å². The molecule has 0 saturated heterocycles. The number of nitrogens with zero attached hydrogens (tertiary/aromatic N) is 1. The summed E-state index contributed by atoms with van der Waals surface area (Å²) in [4.78, 5) is 14.6. The number of hydrogen-bond donors (Lipinski definition) is 0. The van der Waals surface area contributed by atoms with E-state index in [-0.39, 0.29) is 5.91 Å². The maximum atomic E-state index is 12.3. The highest BCUT2D eigenvalue weighted by Crippen LogP contribution is 2.32. The molecule has 4 nitrogen and oxygen atoms in total. The molecule has 0 unspecified atom stereocenters. The molecule has 0 spiro atoms. The number of likely N-dealkylation sites (N-methyl/N-ethyl adjacent to an activating group) is 1. The van der Waals surface area contributed by atoms with Gasteiger partial charge in [-0.2, -0.15) is 0 Å². The molecular weight excluding hydrogens is 434 g/mol. The fourth-order valence-corrected chi connectivity index (χ4v) is 3.74. The molecule has 0 N–H and O–H groups in total. The molecule has 0 aliphatic heterocycles. The minimum absolute atomic E-state index is 0.0188. The maximum Gasteiger partial charge on any atom is 0.263 e. The van der Waals surface area contributed by atoms with Gasteiger partial charge in [0, 0.05) is 11.5 Å². The summed E-state index contributed by atoms with van der Waals surface area (Å²) in [5, 5.41) is 0. The first kappa shape index (κ1) is 17.3. The van der Waals surface area contributed by atoms with Gasteiger partial charge in [0.05, 0.1) is 22.3 Å². The Bertz CT molecular complexity index is 623. The molecule has 1 heterocycles. The Balaban J connectivity index is 1.84. The summed E-state index contributed by atoms with van der Waals surface area (Å²) in [7, 11) is 3.39. The Morgan fingerprint density at radius 3 is 2.41 bits per heavy atom. The fourth-order valence-electron chi connectivity index (χ4n) is 1.71. The van der Waals surface area contributed by atoms with E-state index in [1.807, 2.05) is 30.3 Å². The van der Waals surface area contributed by atoms with Crippen LogP contribution in [-0.4, -0.2) is 38.1 Å². The summed E-state index contributed by atoms with van der Waals surface area (Å²) >= 11 is 8.19. The smallest absolute Gasteiger partial charge is 0.263 e. The molecule has 0 radical (unpaired) electrons. The van der Waals surface area contributed by atoms with Crippen LogP contribution in [0.2, 0.25) is 0 Å². The van der Waals surface area contributed by atoms with E-state index in [9.17, 15) is 4.79 Å². The zero-order chi connectivity index (χ0) is 16.1. The average Bonchev–Trinajstić information content (AvgIpc) is 2.86. The lowest BCUT2D eigenvalue weighted by molar-refractivity contribution is 0.0778. The number of carbonyl (C=O) groups excluding carboxylic acids is 1. The van der Waals surface area contributed by atoms with Crippen LogP contribution in [0.5, 0.6) is 11.5 Å². The molecule has 1 aromatic carbocycles. The Morgan fingerprint density at radius 2 is 1.86 bits per heavy atom. The van der Waals surface area contributed by atoms with Crippen molar-refractivity contribution in [1.82, 2.24) is 4.90 Å². The predicted molar refractivity (Wildman–Crippen MR) is 95.2 cm³/mol. The molecule has 2 rings (SSSR count). The van der Waals surface area contributed by atoms with Gasteiger partial charge < -0.3 is 14.4 Å². The van der Waals surface area contributed by atoms with Crippen LogP contribution in [0, 0.1) is 0 Å². The van der Waals surface area contributed by atoms with Crippen LogP contribution >= 0.6 is 43.2 Å². The third-order valence-electron chi connectivity index (χ3n) is 2.96. The van der Waals surface area contributed by atoms with Crippen molar-refractivity contribution < 1.29 is 14.3 Å². The van der Waals surface area contributed by atoms with Crippen LogP contribution in [0.3, 0.4) is 0 Å². The first-order valence-electron chi connectivity index (χ1n) is 6.48. The van der Waals surface area contributed by atoms with E-state index in [1.54, 1.807) is 19.1 Å². The highest BCUT2D eigenvalue weighted by Gasteiger charge is 2.16. The van der Waals surface area contributed by atoms with Gasteiger partial charge in [-0.1, -0.05) is 0 Å². The second-order valence-corrected chi connectivity index (χ2v) is 7.71. The standard InChI is InChI=1S/C15H15Br2NO3S/c1-18(15(19)13-9-12(16)14(17)22-13)7-8-21-11-5-3-10(20-2)4-6-11/h3-6,9H,7-8H2,1-2H3. The number of benzene rings is 1. The second-order valence-electron chi connectivity index (χ2n) is 4.48. The topological polar surface area (TPSA) is 38.8 Å². The number of thiophene rings is 1. The van der Waals surface area contributed by atoms with Crippen LogP contribution in [0.4, 0.5) is 0 Å². The molecule has 0 saturated carbocycles. The van der Waals surface area contributed by atoms with E-state index in [0.29, 0.717) is 18.0 Å². The highest BCUT2D eigenvalue weighted by molar-refractivity contribution is 9.13. The van der Waals surface area contributed by atoms with Crippen molar-refractivity contribution in [2.24, 2.45) is 0 Å². The Labute approximate surface area is 150 Å². The number of halogens is 2. The monoisotopic (exact) mass is 447 g/mol. The van der Waals surface area contributed by atoms with E-state index in [1.165, 1.54) is 11.3 Å². The molecule has 0 bridgehead atoms. The summed E-state index contributed by atoms with van der Waals surface area (Å²) < 4.78 is 12.5. The second kappa shape index (κ2) is 7.99. The fraction of sp³-hybridized carbons (Fsp3) is 0.267. The molecule has 0 aliphatic carbocycles. The zero-order valence-electron chi connectivity index (χ0n) is 12.1. The highest BCUT2D eigenvalue weighted by atomic mass is 79.9. The van der Waals surface area contributed by atoms with Crippen LogP contribution < -0.4 is 9.47 Å². The summed E-state index contributed by atoms with van der Waals surface area (Å²) in [6.45, 7) is 0.945. The average molecular weight is 449 g/mol. The van der Waals surface area contributed by atoms with Gasteiger partial charge in [-0.25, -0.2) is 0 Å². The first-order chi connectivity index (χ1) is 10.5. The predicted octanol–water partition coefficient (Wildman–Crippen LogP) is 4.43. The van der Waals surface area contributed by atoms with Gasteiger partial charge >= 0.3 is 0 Å². The molecule has 0 fully saturated rings. The number of ether oxygens (including phenoxy) is 2. The number of amides is 1. The van der Waals surface area contributed by atoms with Crippen molar-refractivity contribution in [3.8, 4) is 11.5 Å². The van der Waals surface area contributed by atoms with Crippen molar-refractivity contribution in [1.29, 1.82) is 0 Å². The van der Waals surface area contributed by atoms with Crippen LogP contribution in [0.15, 0.2) is 38.6 Å². The van der Waals surface area contributed by atoms with Crippen molar-refractivity contribution in [3.05, 3.63) is 43.5 Å². The van der Waals surface area contributed by atoms with Gasteiger partial charge in [-0.15, -0.1) is 11.3 Å². The SMILES string of the molecule is COc1ccc(OCCN(C)C(=O)c2cc(Br)c(Br)s2)cc1. The third-order valence-corrected chi connectivity index (χ3v) is 6.20. The van der Waals surface area contributed by atoms with Crippen molar-refractivity contribution in [2.75, 3.05) is 27.3 Å². The zero-order valence-corrected chi connectivity index (χ0v) is 16.1. The van der Waals surface area contributed by atoms with E-state index in [0.717, 1.165) is 19.8 Å². The lowest BCUT2D eigenvalue weighted by Gasteiger charge is -2.16. The van der Waals surface area contributed by atoms with Crippen molar-refractivity contribution in [3.63, 3.8) is 0 Å². The van der Waals surface area contributed by atoms with Gasteiger partial charge in [0.1, 0.15) is 18.1 Å². The Morgan fingerprint density at radius 1 is 1.23 bits per heavy atom. The van der Waals surface area contributed by atoms with Gasteiger partial charge in [-0.3, -0.25) is 4.79 Å². The van der Waals surface area contributed by atoms with Gasteiger partial charge in [-0.05, 0) is 62.2 Å². The Hall–Kier alpha value is -1.05. The number of carbonyl (C=O) groups is 1. The van der Waals surface area contributed by atoms with E-state index in [4.69, 9.17) is 9.47 Å². The van der Waals surface area contributed by atoms with Crippen LogP contribution in [-0.2, 0) is 0 Å². The van der Waals surface area contributed by atoms with Gasteiger partial charge in [0.25, 0.3) is 5.91 Å². The molecule has 7 heteroatoms. The van der Waals surface area contributed by atoms with Crippen LogP contribution in [0.25, 0.3) is 0 Å². The molecule has 22 heavy (non-hydrogen) atoms. The number of rotatable bonds is 6. The molecule has 118 valence electrons. The molecule has 1 aromatic heterocycles. The molecule has 2 aromatic rings. The van der Waals surface area contributed by atoms with E-state index in [2.05, 4.69) is 31.9 Å². The summed E-state index contributed by atoms with van der Waals surface area (Å²) in [6.07, 6.45) is 0. The summed E-state index contributed by atoms with van der Waals surface area (Å²) in [6, 6.07) is 9.18. The van der Waals surface area contributed by atoms with Gasteiger partial charge in [0.2, 0.25) is 0 Å². The largest absolute Gasteiger partial charge is 0.497 e. The van der Waals surface area contributed by atoms with Crippen LogP contribution in [0.1, 0.15) is 9.67 Å². The Kier molecular flexibility index (Phi) is 6.28. The summed E-state index contributed by atoms with van der Waals surface area (Å²) in [5.41, 5.74) is 0. The lowest BCUT2D eigenvalue weighted by atomic mass is 10.3. The van der Waals surface area contributed by atoms with Gasteiger partial charge in [0.15, 0.2) is 0 Å². The first-order valence-corrected chi connectivity index (χ1v) is 8.88. The molecule has 0 atom stereocenters. The minimum Gasteiger partial charge on any atom is -0.497 e.